The molecule has 3 heteroatoms. The molecule has 0 aliphatic carbocycles. The molecule has 0 amide bonds. The number of hydrogen-bond acceptors (Lipinski definition) is 0. The Bertz CT molecular complexity index is 230. The normalized spacial score (nSPS) is 11.6. The van der Waals surface area contributed by atoms with Crippen LogP contribution in [0.1, 0.15) is 136 Å². The summed E-state index contributed by atoms with van der Waals surface area (Å²) in [7, 11) is 3.45. The number of rotatable bonds is 21. The van der Waals surface area contributed by atoms with Crippen molar-refractivity contribution < 1.29 is 0 Å². The van der Waals surface area contributed by atoms with E-state index >= 15 is 0 Å². The average Bonchev–Trinajstić information content (AvgIpc) is 2.64. The van der Waals surface area contributed by atoms with Crippen LogP contribution in [0.4, 0.5) is 0 Å². The molecule has 0 aromatic heterocycles. The molecule has 0 aromatic carbocycles. The van der Waals surface area contributed by atoms with Gasteiger partial charge in [0.25, 0.3) is 0 Å². The Labute approximate surface area is 183 Å². The van der Waals surface area contributed by atoms with E-state index in [1.807, 2.05) is 0 Å². The maximum Gasteiger partial charge on any atom is 0.0611 e. The maximum atomic E-state index is 3.45. The molecular formula is C24H54ClP2+. The van der Waals surface area contributed by atoms with Gasteiger partial charge in [-0.25, -0.2) is 0 Å². The van der Waals surface area contributed by atoms with Gasteiger partial charge in [0.15, 0.2) is 0 Å². The van der Waals surface area contributed by atoms with Gasteiger partial charge < -0.3 is 0 Å². The Hall–Kier alpha value is 1.15. The highest BCUT2D eigenvalue weighted by Gasteiger charge is 2.29. The van der Waals surface area contributed by atoms with Crippen molar-refractivity contribution in [3.8, 4) is 0 Å². The smallest absolute Gasteiger partial charge is 0.0611 e. The molecule has 0 radical (unpaired) electrons. The molecule has 1 unspecified atom stereocenters. The summed E-state index contributed by atoms with van der Waals surface area (Å²) in [5, 5.41) is 0. The van der Waals surface area contributed by atoms with E-state index in [4.69, 9.17) is 0 Å². The predicted molar refractivity (Wildman–Crippen MR) is 139 cm³/mol. The third kappa shape index (κ3) is 21.7. The van der Waals surface area contributed by atoms with E-state index in [0.29, 0.717) is 0 Å². The molecule has 0 aliphatic rings. The first kappa shape index (κ1) is 30.3. The second kappa shape index (κ2) is 23.4. The summed E-state index contributed by atoms with van der Waals surface area (Å²) in [5.74, 6) is 0. The van der Waals surface area contributed by atoms with Crippen LogP contribution in [0.5, 0.6) is 0 Å². The van der Waals surface area contributed by atoms with Crippen LogP contribution in [0.3, 0.4) is 0 Å². The number of halogens is 1. The molecule has 0 spiro atoms. The first-order valence-corrected chi connectivity index (χ1v) is 16.3. The van der Waals surface area contributed by atoms with Crippen molar-refractivity contribution in [2.24, 2.45) is 0 Å². The van der Waals surface area contributed by atoms with E-state index in [-0.39, 0.29) is 12.4 Å². The monoisotopic (exact) mass is 439 g/mol. The van der Waals surface area contributed by atoms with Crippen molar-refractivity contribution >= 4 is 28.3 Å². The fraction of sp³-hybridized carbons (Fsp3) is 1.00. The second-order valence-electron chi connectivity index (χ2n) is 8.69. The lowest BCUT2D eigenvalue weighted by atomic mass is 10.1. The van der Waals surface area contributed by atoms with Crippen molar-refractivity contribution in [3.05, 3.63) is 0 Å². The topological polar surface area (TPSA) is 0 Å². The van der Waals surface area contributed by atoms with Crippen molar-refractivity contribution in [2.75, 3.05) is 18.5 Å². The Morgan fingerprint density at radius 1 is 0.407 bits per heavy atom. The quantitative estimate of drug-likeness (QED) is 0.123. The molecule has 0 saturated heterocycles. The summed E-state index contributed by atoms with van der Waals surface area (Å²) < 4.78 is 0. The molecule has 0 N–H and O–H groups in total. The lowest BCUT2D eigenvalue weighted by Gasteiger charge is -2.23. The van der Waals surface area contributed by atoms with Crippen molar-refractivity contribution in [3.63, 3.8) is 0 Å². The standard InChI is InChI=1S/C24H53P2.ClH/c1-4-7-10-13-16-19-22-26(25,23-20-17-14-11-8-5-2)24-21-18-15-12-9-6-3;/h4-25H2,1-3H3;1H/q+1;. The predicted octanol–water partition coefficient (Wildman–Crippen LogP) is 10.3. The van der Waals surface area contributed by atoms with Gasteiger partial charge in [-0.15, -0.1) is 12.4 Å². The summed E-state index contributed by atoms with van der Waals surface area (Å²) in [6.07, 6.45) is 30.9. The highest BCUT2D eigenvalue weighted by Crippen LogP contribution is 2.68. The molecule has 0 aliphatic heterocycles. The van der Waals surface area contributed by atoms with Gasteiger partial charge in [0.05, 0.1) is 18.5 Å². The van der Waals surface area contributed by atoms with E-state index in [9.17, 15) is 0 Å². The third-order valence-corrected chi connectivity index (χ3v) is 11.8. The third-order valence-electron chi connectivity index (χ3n) is 5.87. The Morgan fingerprint density at radius 2 is 0.630 bits per heavy atom. The van der Waals surface area contributed by atoms with Gasteiger partial charge in [-0.2, -0.15) is 0 Å². The van der Waals surface area contributed by atoms with Gasteiger partial charge in [0.1, 0.15) is 0 Å². The molecule has 0 aromatic rings. The molecule has 0 heterocycles. The van der Waals surface area contributed by atoms with Crippen molar-refractivity contribution in [2.45, 2.75) is 136 Å². The second-order valence-corrected chi connectivity index (χ2v) is 15.8. The fourth-order valence-corrected chi connectivity index (χ4v) is 8.83. The first-order valence-electron chi connectivity index (χ1n) is 12.3. The highest BCUT2D eigenvalue weighted by atomic mass is 35.5. The van der Waals surface area contributed by atoms with Crippen LogP contribution in [0.2, 0.25) is 0 Å². The van der Waals surface area contributed by atoms with E-state index in [1.54, 1.807) is 18.5 Å². The van der Waals surface area contributed by atoms with Crippen LogP contribution in [0.15, 0.2) is 0 Å². The minimum atomic E-state index is -0.719. The van der Waals surface area contributed by atoms with E-state index in [0.717, 1.165) is 0 Å². The lowest BCUT2D eigenvalue weighted by Crippen LogP contribution is -2.03. The molecule has 0 fully saturated rings. The van der Waals surface area contributed by atoms with E-state index in [1.165, 1.54) is 116 Å². The molecule has 0 bridgehead atoms. The molecule has 1 atom stereocenters. The van der Waals surface area contributed by atoms with Crippen LogP contribution in [0.25, 0.3) is 0 Å². The zero-order valence-electron chi connectivity index (χ0n) is 19.3. The molecule has 0 nitrogen and oxygen atoms in total. The van der Waals surface area contributed by atoms with Crippen LogP contribution in [-0.2, 0) is 0 Å². The van der Waals surface area contributed by atoms with Gasteiger partial charge >= 0.3 is 0 Å². The Morgan fingerprint density at radius 3 is 0.889 bits per heavy atom. The summed E-state index contributed by atoms with van der Waals surface area (Å²) in [5.41, 5.74) is 0. The molecule has 0 saturated carbocycles. The average molecular weight is 440 g/mol. The van der Waals surface area contributed by atoms with E-state index < -0.39 is 6.95 Å². The van der Waals surface area contributed by atoms with Crippen LogP contribution in [-0.4, -0.2) is 18.5 Å². The summed E-state index contributed by atoms with van der Waals surface area (Å²) in [6.45, 7) is 6.24. The van der Waals surface area contributed by atoms with Crippen LogP contribution >= 0.6 is 28.3 Å². The lowest BCUT2D eigenvalue weighted by molar-refractivity contribution is 0.617. The summed E-state index contributed by atoms with van der Waals surface area (Å²) >= 11 is 0. The summed E-state index contributed by atoms with van der Waals surface area (Å²) in [4.78, 5) is 0. The van der Waals surface area contributed by atoms with Crippen molar-refractivity contribution in [1.29, 1.82) is 0 Å². The fourth-order valence-electron chi connectivity index (χ4n) is 3.96. The van der Waals surface area contributed by atoms with Crippen LogP contribution < -0.4 is 0 Å². The Kier molecular flexibility index (Phi) is 26.3. The molecular weight excluding hydrogens is 386 g/mol. The first-order chi connectivity index (χ1) is 12.7. The maximum absolute atomic E-state index is 3.45. The summed E-state index contributed by atoms with van der Waals surface area (Å²) in [6, 6.07) is 0. The molecule has 0 rings (SSSR count). The molecule has 27 heavy (non-hydrogen) atoms. The SMILES string of the molecule is CCCCCCCC[P+](P)(CCCCCCCC)CCCCCCCC.Cl. The van der Waals surface area contributed by atoms with Gasteiger partial charge in [-0.05, 0) is 38.5 Å². The highest BCUT2D eigenvalue weighted by molar-refractivity contribution is 8.24. The van der Waals surface area contributed by atoms with Gasteiger partial charge in [-0.1, -0.05) is 97.8 Å². The number of hydrogen-bond donors (Lipinski definition) is 0. The molecule has 166 valence electrons. The van der Waals surface area contributed by atoms with Crippen LogP contribution in [0, 0.1) is 0 Å². The van der Waals surface area contributed by atoms with E-state index in [2.05, 4.69) is 29.7 Å². The zero-order valence-corrected chi connectivity index (χ0v) is 22.1. The number of unbranched alkanes of at least 4 members (excludes halogenated alkanes) is 15. The minimum Gasteiger partial charge on any atom is -0.147 e. The van der Waals surface area contributed by atoms with Gasteiger partial charge in [-0.3, -0.25) is 0 Å². The zero-order chi connectivity index (χ0) is 19.3. The largest absolute Gasteiger partial charge is 0.147 e. The Balaban J connectivity index is 0. The van der Waals surface area contributed by atoms with Gasteiger partial charge in [0.2, 0.25) is 0 Å². The minimum absolute atomic E-state index is 0. The van der Waals surface area contributed by atoms with Gasteiger partial charge in [0, 0.05) is 15.9 Å². The van der Waals surface area contributed by atoms with Crippen molar-refractivity contribution in [1.82, 2.24) is 0 Å².